The third-order valence-electron chi connectivity index (χ3n) is 2.48. The average molecular weight is 265 g/mol. The zero-order valence-corrected chi connectivity index (χ0v) is 10.6. The van der Waals surface area contributed by atoms with Crippen LogP contribution in [0.5, 0.6) is 0 Å². The summed E-state index contributed by atoms with van der Waals surface area (Å²) in [6, 6.07) is 4.98. The van der Waals surface area contributed by atoms with E-state index >= 15 is 0 Å². The van der Waals surface area contributed by atoms with E-state index in [1.807, 2.05) is 13.2 Å². The quantitative estimate of drug-likeness (QED) is 0.827. The van der Waals surface area contributed by atoms with Crippen molar-refractivity contribution < 1.29 is 4.79 Å². The van der Waals surface area contributed by atoms with Gasteiger partial charge in [-0.15, -0.1) is 0 Å². The first-order chi connectivity index (χ1) is 8.58. The van der Waals surface area contributed by atoms with Gasteiger partial charge in [-0.3, -0.25) is 9.48 Å². The molecule has 18 heavy (non-hydrogen) atoms. The summed E-state index contributed by atoms with van der Waals surface area (Å²) in [5.74, 6) is -0.254. The van der Waals surface area contributed by atoms with Crippen molar-refractivity contribution in [2.45, 2.75) is 6.54 Å². The highest BCUT2D eigenvalue weighted by Gasteiger charge is 2.11. The summed E-state index contributed by atoms with van der Waals surface area (Å²) in [4.78, 5) is 11.9. The molecule has 0 bridgehead atoms. The van der Waals surface area contributed by atoms with Crippen LogP contribution in [0, 0.1) is 0 Å². The lowest BCUT2D eigenvalue weighted by Gasteiger charge is -2.07. The molecule has 0 fully saturated rings. The summed E-state index contributed by atoms with van der Waals surface area (Å²) < 4.78 is 1.68. The molecule has 0 saturated heterocycles. The molecule has 94 valence electrons. The Kier molecular flexibility index (Phi) is 3.53. The summed E-state index contributed by atoms with van der Waals surface area (Å²) >= 11 is 5.97. The van der Waals surface area contributed by atoms with Crippen LogP contribution < -0.4 is 11.1 Å². The topological polar surface area (TPSA) is 72.9 Å². The van der Waals surface area contributed by atoms with Gasteiger partial charge in [0.1, 0.15) is 0 Å². The fourth-order valence-electron chi connectivity index (χ4n) is 1.57. The molecule has 1 amide bonds. The van der Waals surface area contributed by atoms with Crippen LogP contribution in [0.1, 0.15) is 15.9 Å². The van der Waals surface area contributed by atoms with Gasteiger partial charge in [0.25, 0.3) is 5.91 Å². The number of halogens is 1. The molecule has 0 atom stereocenters. The molecule has 3 N–H and O–H groups in total. The lowest BCUT2D eigenvalue weighted by atomic mass is 10.2. The van der Waals surface area contributed by atoms with Crippen LogP contribution in [-0.4, -0.2) is 15.7 Å². The maximum atomic E-state index is 11.9. The number of rotatable bonds is 3. The van der Waals surface area contributed by atoms with E-state index in [4.69, 9.17) is 17.3 Å². The van der Waals surface area contributed by atoms with E-state index < -0.39 is 0 Å². The Morgan fingerprint density at radius 3 is 3.00 bits per heavy atom. The number of hydrogen-bond donors (Lipinski definition) is 2. The summed E-state index contributed by atoms with van der Waals surface area (Å²) in [6.45, 7) is 0.401. The highest BCUT2D eigenvalue weighted by atomic mass is 35.5. The first kappa shape index (κ1) is 12.4. The number of nitrogen functional groups attached to an aromatic ring is 1. The SMILES string of the molecule is Cn1cc(CNC(=O)c2cccc(N)c2Cl)cn1. The van der Waals surface area contributed by atoms with Crippen LogP contribution in [0.15, 0.2) is 30.6 Å². The number of nitrogens with zero attached hydrogens (tertiary/aromatic N) is 2. The third kappa shape index (κ3) is 2.62. The van der Waals surface area contributed by atoms with Crippen molar-refractivity contribution in [3.63, 3.8) is 0 Å². The Morgan fingerprint density at radius 2 is 2.33 bits per heavy atom. The van der Waals surface area contributed by atoms with Gasteiger partial charge in [0.05, 0.1) is 22.5 Å². The monoisotopic (exact) mass is 264 g/mol. The van der Waals surface area contributed by atoms with E-state index in [1.165, 1.54) is 0 Å². The number of carbonyl (C=O) groups excluding carboxylic acids is 1. The second-order valence-corrected chi connectivity index (χ2v) is 4.29. The first-order valence-corrected chi connectivity index (χ1v) is 5.75. The number of amides is 1. The van der Waals surface area contributed by atoms with Gasteiger partial charge in [-0.25, -0.2) is 0 Å². The summed E-state index contributed by atoms with van der Waals surface area (Å²) in [5, 5.41) is 7.06. The molecule has 0 aliphatic carbocycles. The molecule has 0 unspecified atom stereocenters. The maximum Gasteiger partial charge on any atom is 0.253 e. The lowest BCUT2D eigenvalue weighted by molar-refractivity contribution is 0.0951. The van der Waals surface area contributed by atoms with Crippen LogP contribution >= 0.6 is 11.6 Å². The summed E-state index contributed by atoms with van der Waals surface area (Å²) in [7, 11) is 1.82. The minimum absolute atomic E-state index is 0.254. The Bertz CT molecular complexity index is 579. The van der Waals surface area contributed by atoms with Crippen molar-refractivity contribution in [3.8, 4) is 0 Å². The number of anilines is 1. The number of nitrogens with two attached hydrogens (primary N) is 1. The van der Waals surface area contributed by atoms with Crippen LogP contribution in [0.2, 0.25) is 5.02 Å². The van der Waals surface area contributed by atoms with Crippen LogP contribution in [0.25, 0.3) is 0 Å². The number of nitrogens with one attached hydrogen (secondary N) is 1. The first-order valence-electron chi connectivity index (χ1n) is 5.37. The largest absolute Gasteiger partial charge is 0.398 e. The third-order valence-corrected chi connectivity index (χ3v) is 2.91. The molecule has 1 aromatic heterocycles. The standard InChI is InChI=1S/C12H13ClN4O/c1-17-7-8(6-16-17)5-15-12(18)9-3-2-4-10(14)11(9)13/h2-4,6-7H,5,14H2,1H3,(H,15,18). The van der Waals surface area contributed by atoms with Crippen molar-refractivity contribution >= 4 is 23.2 Å². The molecule has 2 rings (SSSR count). The lowest BCUT2D eigenvalue weighted by Crippen LogP contribution is -2.23. The zero-order chi connectivity index (χ0) is 13.1. The van der Waals surface area contributed by atoms with Crippen LogP contribution in [0.4, 0.5) is 5.69 Å². The predicted octanol–water partition coefficient (Wildman–Crippen LogP) is 1.59. The minimum atomic E-state index is -0.254. The van der Waals surface area contributed by atoms with E-state index in [-0.39, 0.29) is 10.9 Å². The molecule has 0 saturated carbocycles. The van der Waals surface area contributed by atoms with Crippen molar-refractivity contribution in [1.29, 1.82) is 0 Å². The molecule has 0 aliphatic rings. The van der Waals surface area contributed by atoms with Gasteiger partial charge in [0.2, 0.25) is 0 Å². The number of aromatic nitrogens is 2. The molecular weight excluding hydrogens is 252 g/mol. The molecule has 0 aliphatic heterocycles. The van der Waals surface area contributed by atoms with E-state index in [1.54, 1.807) is 29.1 Å². The Balaban J connectivity index is 2.06. The van der Waals surface area contributed by atoms with Crippen LogP contribution in [-0.2, 0) is 13.6 Å². The van der Waals surface area contributed by atoms with E-state index in [2.05, 4.69) is 10.4 Å². The van der Waals surface area contributed by atoms with Crippen molar-refractivity contribution in [1.82, 2.24) is 15.1 Å². The van der Waals surface area contributed by atoms with E-state index in [0.29, 0.717) is 17.8 Å². The second-order valence-electron chi connectivity index (χ2n) is 3.91. The summed E-state index contributed by atoms with van der Waals surface area (Å²) in [5.41, 5.74) is 7.34. The van der Waals surface area contributed by atoms with Gasteiger partial charge in [0, 0.05) is 25.4 Å². The average Bonchev–Trinajstić information content (AvgIpc) is 2.76. The van der Waals surface area contributed by atoms with Gasteiger partial charge in [-0.2, -0.15) is 5.10 Å². The summed E-state index contributed by atoms with van der Waals surface area (Å²) in [6.07, 6.45) is 3.53. The van der Waals surface area contributed by atoms with Crippen molar-refractivity contribution in [2.75, 3.05) is 5.73 Å². The Labute approximate surface area is 110 Å². The number of carbonyl (C=O) groups is 1. The minimum Gasteiger partial charge on any atom is -0.398 e. The molecule has 1 heterocycles. The highest BCUT2D eigenvalue weighted by Crippen LogP contribution is 2.22. The molecule has 2 aromatic rings. The number of benzene rings is 1. The van der Waals surface area contributed by atoms with Gasteiger partial charge < -0.3 is 11.1 Å². The Hall–Kier alpha value is -2.01. The maximum absolute atomic E-state index is 11.9. The fraction of sp³-hybridized carbons (Fsp3) is 0.167. The van der Waals surface area contributed by atoms with Gasteiger partial charge in [0.15, 0.2) is 0 Å². The molecule has 0 spiro atoms. The second kappa shape index (κ2) is 5.10. The molecular formula is C12H13ClN4O. The number of aryl methyl sites for hydroxylation is 1. The number of hydrogen-bond acceptors (Lipinski definition) is 3. The normalized spacial score (nSPS) is 10.3. The molecule has 1 aromatic carbocycles. The molecule has 6 heteroatoms. The van der Waals surface area contributed by atoms with Gasteiger partial charge in [-0.1, -0.05) is 17.7 Å². The smallest absolute Gasteiger partial charge is 0.253 e. The van der Waals surface area contributed by atoms with Gasteiger partial charge >= 0.3 is 0 Å². The van der Waals surface area contributed by atoms with Crippen molar-refractivity contribution in [2.24, 2.45) is 7.05 Å². The van der Waals surface area contributed by atoms with E-state index in [0.717, 1.165) is 5.56 Å². The molecule has 0 radical (unpaired) electrons. The van der Waals surface area contributed by atoms with E-state index in [9.17, 15) is 4.79 Å². The fourth-order valence-corrected chi connectivity index (χ4v) is 1.78. The molecule has 5 nitrogen and oxygen atoms in total. The van der Waals surface area contributed by atoms with Crippen molar-refractivity contribution in [3.05, 3.63) is 46.7 Å². The van der Waals surface area contributed by atoms with Gasteiger partial charge in [-0.05, 0) is 12.1 Å². The van der Waals surface area contributed by atoms with Crippen LogP contribution in [0.3, 0.4) is 0 Å². The highest BCUT2D eigenvalue weighted by molar-refractivity contribution is 6.36. The predicted molar refractivity (Wildman–Crippen MR) is 70.2 cm³/mol. The zero-order valence-electron chi connectivity index (χ0n) is 9.85. The Morgan fingerprint density at radius 1 is 1.56 bits per heavy atom.